The summed E-state index contributed by atoms with van der Waals surface area (Å²) < 4.78 is 15.5. The van der Waals surface area contributed by atoms with E-state index in [1.54, 1.807) is 10.9 Å². The van der Waals surface area contributed by atoms with Crippen molar-refractivity contribution in [2.75, 3.05) is 38.7 Å². The van der Waals surface area contributed by atoms with E-state index in [4.69, 9.17) is 19.4 Å². The van der Waals surface area contributed by atoms with E-state index >= 15 is 0 Å². The van der Waals surface area contributed by atoms with Gasteiger partial charge >= 0.3 is 0 Å². The zero-order chi connectivity index (χ0) is 25.4. The zero-order valence-corrected chi connectivity index (χ0v) is 21.7. The first-order valence-corrected chi connectivity index (χ1v) is 13.4. The minimum absolute atomic E-state index is 0.0391. The van der Waals surface area contributed by atoms with Gasteiger partial charge in [0.05, 0.1) is 41.2 Å². The minimum atomic E-state index is -0.0702. The fourth-order valence-electron chi connectivity index (χ4n) is 4.72. The molecule has 12 heteroatoms. The summed E-state index contributed by atoms with van der Waals surface area (Å²) in [5, 5.41) is 12.6. The number of rotatable bonds is 7. The highest BCUT2D eigenvalue weighted by molar-refractivity contribution is 7.12. The molecule has 0 spiro atoms. The van der Waals surface area contributed by atoms with Gasteiger partial charge in [0.1, 0.15) is 11.6 Å². The molecule has 6 heterocycles. The Kier molecular flexibility index (Phi) is 6.53. The molecule has 11 nitrogen and oxygen atoms in total. The first kappa shape index (κ1) is 23.9. The number of amides is 1. The molecule has 2 saturated heterocycles. The third kappa shape index (κ3) is 5.17. The highest BCUT2D eigenvalue weighted by Gasteiger charge is 2.23. The molecule has 4 aromatic heterocycles. The van der Waals surface area contributed by atoms with E-state index in [0.717, 1.165) is 54.8 Å². The van der Waals surface area contributed by atoms with Gasteiger partial charge in [-0.2, -0.15) is 10.1 Å². The maximum atomic E-state index is 12.8. The van der Waals surface area contributed by atoms with Crippen LogP contribution in [0.3, 0.4) is 0 Å². The van der Waals surface area contributed by atoms with Crippen molar-refractivity contribution in [1.82, 2.24) is 34.5 Å². The maximum absolute atomic E-state index is 12.8. The summed E-state index contributed by atoms with van der Waals surface area (Å²) in [5.74, 6) is 0.848. The molecule has 4 aromatic rings. The number of ether oxygens (including phenoxy) is 2. The molecule has 2 aliphatic heterocycles. The SMILES string of the molecule is CN1CCC(NC(=O)c2cc(Nc3nc(O[C@@H]4CCOC4)c4c(ccn4-c4cnn(C)c4)n3)cs2)CC1. The molecule has 0 bridgehead atoms. The minimum Gasteiger partial charge on any atom is -0.470 e. The smallest absolute Gasteiger partial charge is 0.261 e. The lowest BCUT2D eigenvalue weighted by Gasteiger charge is -2.29. The lowest BCUT2D eigenvalue weighted by molar-refractivity contribution is 0.0921. The predicted octanol–water partition coefficient (Wildman–Crippen LogP) is 2.95. The number of hydrogen-bond acceptors (Lipinski definition) is 9. The Labute approximate surface area is 218 Å². The molecule has 0 aliphatic carbocycles. The number of carbonyl (C=O) groups is 1. The number of nitrogens with zero attached hydrogens (tertiary/aromatic N) is 6. The standard InChI is InChI=1S/C25H30N8O3S/c1-31-7-3-16(4-8-31)27-23(34)21-11-17(15-37-21)28-25-29-20-5-9-33(18-12-26-32(2)13-18)22(20)24(30-25)36-19-6-10-35-14-19/h5,9,11-13,15-16,19H,3-4,6-8,10,14H2,1-2H3,(H,27,34)(H,28,29,30)/t19-/m1/s1. The van der Waals surface area contributed by atoms with Gasteiger partial charge in [-0.25, -0.2) is 4.98 Å². The highest BCUT2D eigenvalue weighted by Crippen LogP contribution is 2.31. The second kappa shape index (κ2) is 10.1. The van der Waals surface area contributed by atoms with E-state index in [2.05, 4.69) is 27.7 Å². The van der Waals surface area contributed by atoms with Gasteiger partial charge in [-0.05, 0) is 45.1 Å². The van der Waals surface area contributed by atoms with Crippen LogP contribution < -0.4 is 15.4 Å². The quantitative estimate of drug-likeness (QED) is 0.381. The first-order valence-electron chi connectivity index (χ1n) is 12.5. The van der Waals surface area contributed by atoms with Gasteiger partial charge in [-0.15, -0.1) is 11.3 Å². The fourth-order valence-corrected chi connectivity index (χ4v) is 5.46. The van der Waals surface area contributed by atoms with Gasteiger partial charge in [0.25, 0.3) is 5.91 Å². The number of carbonyl (C=O) groups excluding carboxylic acids is 1. The molecule has 37 heavy (non-hydrogen) atoms. The molecule has 2 fully saturated rings. The van der Waals surface area contributed by atoms with Gasteiger partial charge in [-0.1, -0.05) is 0 Å². The molecule has 1 amide bonds. The number of piperidine rings is 1. The lowest BCUT2D eigenvalue weighted by Crippen LogP contribution is -2.43. The Hall–Kier alpha value is -3.48. The maximum Gasteiger partial charge on any atom is 0.261 e. The number of aromatic nitrogens is 5. The largest absolute Gasteiger partial charge is 0.470 e. The molecule has 2 N–H and O–H groups in total. The van der Waals surface area contributed by atoms with Crippen molar-refractivity contribution in [2.45, 2.75) is 31.4 Å². The second-order valence-electron chi connectivity index (χ2n) is 9.62. The summed E-state index contributed by atoms with van der Waals surface area (Å²) in [7, 11) is 3.99. The monoisotopic (exact) mass is 522 g/mol. The van der Waals surface area contributed by atoms with Crippen molar-refractivity contribution in [3.8, 4) is 11.6 Å². The van der Waals surface area contributed by atoms with E-state index in [1.807, 2.05) is 41.5 Å². The summed E-state index contributed by atoms with van der Waals surface area (Å²) in [6.45, 7) is 3.21. The molecule has 194 valence electrons. The summed E-state index contributed by atoms with van der Waals surface area (Å²) in [4.78, 5) is 25.2. The number of likely N-dealkylation sites (tertiary alicyclic amines) is 1. The number of thiophene rings is 1. The van der Waals surface area contributed by atoms with Gasteiger partial charge in [0, 0.05) is 37.3 Å². The van der Waals surface area contributed by atoms with E-state index < -0.39 is 0 Å². The van der Waals surface area contributed by atoms with Crippen LogP contribution in [0.5, 0.6) is 5.88 Å². The molecular formula is C25H30N8O3S. The Morgan fingerprint density at radius 3 is 2.84 bits per heavy atom. The molecule has 0 unspecified atom stereocenters. The second-order valence-corrected chi connectivity index (χ2v) is 10.5. The van der Waals surface area contributed by atoms with E-state index in [1.165, 1.54) is 11.3 Å². The molecule has 2 aliphatic rings. The van der Waals surface area contributed by atoms with Crippen molar-refractivity contribution in [2.24, 2.45) is 7.05 Å². The topological polar surface area (TPSA) is 111 Å². The van der Waals surface area contributed by atoms with Crippen LogP contribution in [0.2, 0.25) is 0 Å². The summed E-state index contributed by atoms with van der Waals surface area (Å²) in [6.07, 6.45) is 8.34. The molecule has 6 rings (SSSR count). The van der Waals surface area contributed by atoms with Crippen LogP contribution in [0.4, 0.5) is 11.6 Å². The fraction of sp³-hybridized carbons (Fsp3) is 0.440. The van der Waals surface area contributed by atoms with Crippen LogP contribution in [0.15, 0.2) is 36.1 Å². The van der Waals surface area contributed by atoms with E-state index in [-0.39, 0.29) is 18.1 Å². The van der Waals surface area contributed by atoms with E-state index in [0.29, 0.717) is 29.9 Å². The van der Waals surface area contributed by atoms with Crippen molar-refractivity contribution in [3.05, 3.63) is 41.0 Å². The summed E-state index contributed by atoms with van der Waals surface area (Å²) in [5.41, 5.74) is 3.17. The number of anilines is 2. The van der Waals surface area contributed by atoms with Gasteiger partial charge in [-0.3, -0.25) is 9.48 Å². The summed E-state index contributed by atoms with van der Waals surface area (Å²) >= 11 is 1.40. The average molecular weight is 523 g/mol. The lowest BCUT2D eigenvalue weighted by atomic mass is 10.1. The third-order valence-electron chi connectivity index (χ3n) is 6.77. The van der Waals surface area contributed by atoms with Crippen LogP contribution in [0.1, 0.15) is 28.9 Å². The molecule has 1 atom stereocenters. The average Bonchev–Trinajstić information content (AvgIpc) is 3.68. The van der Waals surface area contributed by atoms with E-state index in [9.17, 15) is 4.79 Å². The highest BCUT2D eigenvalue weighted by atomic mass is 32.1. The third-order valence-corrected chi connectivity index (χ3v) is 7.70. The van der Waals surface area contributed by atoms with Crippen LogP contribution >= 0.6 is 11.3 Å². The van der Waals surface area contributed by atoms with Gasteiger partial charge < -0.3 is 29.6 Å². The van der Waals surface area contributed by atoms with Gasteiger partial charge in [0.15, 0.2) is 0 Å². The number of nitrogens with one attached hydrogen (secondary N) is 2. The van der Waals surface area contributed by atoms with Crippen LogP contribution in [-0.2, 0) is 11.8 Å². The molecule has 0 saturated carbocycles. The van der Waals surface area contributed by atoms with Crippen molar-refractivity contribution in [3.63, 3.8) is 0 Å². The normalized spacial score (nSPS) is 18.9. The Morgan fingerprint density at radius 1 is 1.22 bits per heavy atom. The van der Waals surface area contributed by atoms with Crippen LogP contribution in [0, 0.1) is 0 Å². The van der Waals surface area contributed by atoms with Gasteiger partial charge in [0.2, 0.25) is 11.8 Å². The predicted molar refractivity (Wildman–Crippen MR) is 141 cm³/mol. The van der Waals surface area contributed by atoms with Crippen molar-refractivity contribution < 1.29 is 14.3 Å². The Morgan fingerprint density at radius 2 is 2.08 bits per heavy atom. The van der Waals surface area contributed by atoms with Crippen molar-refractivity contribution >= 4 is 39.9 Å². The molecule has 0 aromatic carbocycles. The zero-order valence-electron chi connectivity index (χ0n) is 20.9. The van der Waals surface area contributed by atoms with Crippen LogP contribution in [-0.4, -0.2) is 80.6 Å². The molecule has 0 radical (unpaired) electrons. The van der Waals surface area contributed by atoms with Crippen molar-refractivity contribution in [1.29, 1.82) is 0 Å². The molecular weight excluding hydrogens is 492 g/mol. The Bertz CT molecular complexity index is 1400. The first-order chi connectivity index (χ1) is 18.0. The Balaban J connectivity index is 1.24. The van der Waals surface area contributed by atoms with Crippen LogP contribution in [0.25, 0.3) is 16.7 Å². The number of aryl methyl sites for hydroxylation is 1. The summed E-state index contributed by atoms with van der Waals surface area (Å²) in [6, 6.07) is 3.99. The number of fused-ring (bicyclic) bond motifs is 1. The number of hydrogen-bond donors (Lipinski definition) is 2.